The van der Waals surface area contributed by atoms with E-state index in [2.05, 4.69) is 44.9 Å². The monoisotopic (exact) mass is 291 g/mol. The van der Waals surface area contributed by atoms with Crippen LogP contribution in [0, 0.1) is 0 Å². The lowest BCUT2D eigenvalue weighted by Crippen LogP contribution is -2.24. The van der Waals surface area contributed by atoms with Gasteiger partial charge < -0.3 is 0 Å². The van der Waals surface area contributed by atoms with Gasteiger partial charge in [-0.15, -0.1) is 16.4 Å². The van der Waals surface area contributed by atoms with Crippen LogP contribution < -0.4 is 0 Å². The number of nitrogens with zero attached hydrogens (tertiary/aromatic N) is 5. The minimum absolute atomic E-state index is 0.548. The number of rotatable bonds is 6. The zero-order valence-electron chi connectivity index (χ0n) is 11.9. The second kappa shape index (κ2) is 6.45. The average Bonchev–Trinajstić information content (AvgIpc) is 3.18. The van der Waals surface area contributed by atoms with E-state index in [0.717, 1.165) is 31.9 Å². The molecule has 1 atom stereocenters. The molecule has 1 saturated heterocycles. The summed E-state index contributed by atoms with van der Waals surface area (Å²) in [5.41, 5.74) is 0. The van der Waals surface area contributed by atoms with E-state index in [9.17, 15) is 0 Å². The lowest BCUT2D eigenvalue weighted by Gasteiger charge is -2.22. The molecule has 3 rings (SSSR count). The van der Waals surface area contributed by atoms with Crippen LogP contribution in [0.1, 0.15) is 49.4 Å². The highest BCUT2D eigenvalue weighted by molar-refractivity contribution is 7.10. The Morgan fingerprint density at radius 3 is 3.20 bits per heavy atom. The number of aromatic nitrogens is 4. The van der Waals surface area contributed by atoms with Crippen molar-refractivity contribution in [2.24, 2.45) is 0 Å². The van der Waals surface area contributed by atoms with Crippen molar-refractivity contribution < 1.29 is 0 Å². The van der Waals surface area contributed by atoms with Crippen molar-refractivity contribution >= 4 is 11.3 Å². The van der Waals surface area contributed by atoms with Crippen LogP contribution >= 0.6 is 11.3 Å². The van der Waals surface area contributed by atoms with Crippen molar-refractivity contribution in [3.8, 4) is 0 Å². The molecule has 0 spiro atoms. The van der Waals surface area contributed by atoms with Crippen LogP contribution in [0.3, 0.4) is 0 Å². The highest BCUT2D eigenvalue weighted by Crippen LogP contribution is 2.35. The molecule has 6 heteroatoms. The maximum Gasteiger partial charge on any atom is 0.165 e. The molecule has 0 aromatic carbocycles. The van der Waals surface area contributed by atoms with Gasteiger partial charge in [0.05, 0.1) is 6.54 Å². The number of hydrogen-bond donors (Lipinski definition) is 0. The molecule has 20 heavy (non-hydrogen) atoms. The van der Waals surface area contributed by atoms with Gasteiger partial charge in [0.2, 0.25) is 0 Å². The highest BCUT2D eigenvalue weighted by atomic mass is 32.1. The second-order valence-corrected chi connectivity index (χ2v) is 6.30. The van der Waals surface area contributed by atoms with Gasteiger partial charge in [0, 0.05) is 17.5 Å². The summed E-state index contributed by atoms with van der Waals surface area (Å²) in [5.74, 6) is 1.00. The Morgan fingerprint density at radius 1 is 1.45 bits per heavy atom. The van der Waals surface area contributed by atoms with Gasteiger partial charge in [-0.1, -0.05) is 19.4 Å². The predicted octanol–water partition coefficient (Wildman–Crippen LogP) is 2.87. The Kier molecular flexibility index (Phi) is 4.42. The predicted molar refractivity (Wildman–Crippen MR) is 79.4 cm³/mol. The molecule has 3 heterocycles. The van der Waals surface area contributed by atoms with Gasteiger partial charge >= 0.3 is 0 Å². The normalized spacial score (nSPS) is 19.8. The quantitative estimate of drug-likeness (QED) is 0.821. The van der Waals surface area contributed by atoms with Crippen molar-refractivity contribution in [1.82, 2.24) is 25.1 Å². The minimum Gasteiger partial charge on any atom is -0.288 e. The van der Waals surface area contributed by atoms with E-state index in [0.29, 0.717) is 6.04 Å². The molecule has 1 fully saturated rings. The molecule has 1 aliphatic heterocycles. The van der Waals surface area contributed by atoms with Gasteiger partial charge in [0.15, 0.2) is 5.82 Å². The number of tetrazole rings is 1. The van der Waals surface area contributed by atoms with E-state index in [1.807, 2.05) is 16.0 Å². The Balaban J connectivity index is 1.69. The molecule has 1 aliphatic rings. The number of unbranched alkanes of at least 4 members (excludes halogenated alkanes) is 1. The summed E-state index contributed by atoms with van der Waals surface area (Å²) in [6.45, 7) is 5.12. The number of likely N-dealkylation sites (tertiary alicyclic amines) is 1. The highest BCUT2D eigenvalue weighted by Gasteiger charge is 2.28. The Labute approximate surface area is 123 Å². The molecule has 5 nitrogen and oxygen atoms in total. The van der Waals surface area contributed by atoms with E-state index in [4.69, 9.17) is 0 Å². The van der Waals surface area contributed by atoms with Gasteiger partial charge in [0.25, 0.3) is 0 Å². The van der Waals surface area contributed by atoms with E-state index in [1.165, 1.54) is 24.1 Å². The van der Waals surface area contributed by atoms with E-state index in [-0.39, 0.29) is 0 Å². The summed E-state index contributed by atoms with van der Waals surface area (Å²) in [6.07, 6.45) is 4.81. The molecule has 0 radical (unpaired) electrons. The first-order valence-electron chi connectivity index (χ1n) is 7.41. The van der Waals surface area contributed by atoms with Crippen molar-refractivity contribution in [1.29, 1.82) is 0 Å². The summed E-state index contributed by atoms with van der Waals surface area (Å²) in [4.78, 5) is 3.98. The van der Waals surface area contributed by atoms with Crippen LogP contribution in [0.2, 0.25) is 0 Å². The second-order valence-electron chi connectivity index (χ2n) is 5.32. The fourth-order valence-corrected chi connectivity index (χ4v) is 3.71. The standard InChI is InChI=1S/C14H21N5S/c1-2-3-9-19-14(15-16-17-19)11-18-8-4-6-12(18)13-7-5-10-20-13/h5,7,10,12H,2-4,6,8-9,11H2,1H3/t12-/m1/s1. The van der Waals surface area contributed by atoms with E-state index >= 15 is 0 Å². The average molecular weight is 291 g/mol. The molecule has 0 bridgehead atoms. The maximum atomic E-state index is 4.21. The lowest BCUT2D eigenvalue weighted by molar-refractivity contribution is 0.239. The Morgan fingerprint density at radius 2 is 2.40 bits per heavy atom. The summed E-state index contributed by atoms with van der Waals surface area (Å²) in [6, 6.07) is 4.93. The van der Waals surface area contributed by atoms with Crippen molar-refractivity contribution in [3.63, 3.8) is 0 Å². The number of hydrogen-bond acceptors (Lipinski definition) is 5. The SMILES string of the molecule is CCCCn1nnnc1CN1CCC[C@@H]1c1cccs1. The topological polar surface area (TPSA) is 46.8 Å². The first kappa shape index (κ1) is 13.7. The minimum atomic E-state index is 0.548. The van der Waals surface area contributed by atoms with E-state index in [1.54, 1.807) is 0 Å². The first-order chi connectivity index (χ1) is 9.88. The van der Waals surface area contributed by atoms with Gasteiger partial charge in [-0.25, -0.2) is 4.68 Å². The summed E-state index contributed by atoms with van der Waals surface area (Å²) in [7, 11) is 0. The largest absolute Gasteiger partial charge is 0.288 e. The summed E-state index contributed by atoms with van der Waals surface area (Å²) >= 11 is 1.85. The van der Waals surface area contributed by atoms with E-state index < -0.39 is 0 Å². The third-order valence-corrected chi connectivity index (χ3v) is 4.88. The van der Waals surface area contributed by atoms with Crippen LogP contribution in [0.25, 0.3) is 0 Å². The molecule has 2 aromatic rings. The number of thiophene rings is 1. The molecule has 108 valence electrons. The van der Waals surface area contributed by atoms with Gasteiger partial charge in [-0.05, 0) is 47.7 Å². The first-order valence-corrected chi connectivity index (χ1v) is 8.29. The smallest absolute Gasteiger partial charge is 0.165 e. The molecular weight excluding hydrogens is 270 g/mol. The van der Waals surface area contributed by atoms with Crippen molar-refractivity contribution in [2.45, 2.75) is 51.7 Å². The molecule has 0 amide bonds. The molecule has 0 aliphatic carbocycles. The lowest BCUT2D eigenvalue weighted by atomic mass is 10.2. The van der Waals surface area contributed by atoms with Crippen molar-refractivity contribution in [3.05, 3.63) is 28.2 Å². The molecule has 0 saturated carbocycles. The fourth-order valence-electron chi connectivity index (χ4n) is 2.82. The van der Waals surface area contributed by atoms with Crippen LogP contribution in [0.5, 0.6) is 0 Å². The zero-order chi connectivity index (χ0) is 13.8. The third-order valence-electron chi connectivity index (χ3n) is 3.91. The fraction of sp³-hybridized carbons (Fsp3) is 0.643. The maximum absolute atomic E-state index is 4.21. The number of aryl methyl sites for hydroxylation is 1. The van der Waals surface area contributed by atoms with Gasteiger partial charge in [0.1, 0.15) is 0 Å². The summed E-state index contributed by atoms with van der Waals surface area (Å²) < 4.78 is 1.97. The molecule has 2 aromatic heterocycles. The zero-order valence-corrected chi connectivity index (χ0v) is 12.7. The van der Waals surface area contributed by atoms with Crippen LogP contribution in [0.15, 0.2) is 17.5 Å². The molecule has 0 N–H and O–H groups in total. The Bertz CT molecular complexity index is 521. The van der Waals surface area contributed by atoms with Crippen LogP contribution in [0.4, 0.5) is 0 Å². The van der Waals surface area contributed by atoms with Crippen LogP contribution in [-0.4, -0.2) is 31.7 Å². The van der Waals surface area contributed by atoms with Crippen LogP contribution in [-0.2, 0) is 13.1 Å². The van der Waals surface area contributed by atoms with Gasteiger partial charge in [-0.3, -0.25) is 4.90 Å². The molecule has 0 unspecified atom stereocenters. The van der Waals surface area contributed by atoms with Gasteiger partial charge in [-0.2, -0.15) is 0 Å². The molecular formula is C14H21N5S. The summed E-state index contributed by atoms with van der Waals surface area (Å²) in [5, 5.41) is 14.3. The third kappa shape index (κ3) is 2.91. The Hall–Kier alpha value is -1.27. The van der Waals surface area contributed by atoms with Crippen molar-refractivity contribution in [2.75, 3.05) is 6.54 Å².